The molecule has 1 saturated carbocycles. The summed E-state index contributed by atoms with van der Waals surface area (Å²) in [7, 11) is 6.42. The summed E-state index contributed by atoms with van der Waals surface area (Å²) in [6.07, 6.45) is -1.60. The van der Waals surface area contributed by atoms with Crippen LogP contribution < -0.4 is 10.6 Å². The zero-order chi connectivity index (χ0) is 25.4. The third-order valence-corrected chi connectivity index (χ3v) is 7.14. The highest BCUT2D eigenvalue weighted by molar-refractivity contribution is 6.24. The molecule has 11 heteroatoms. The molecule has 0 radical (unpaired) electrons. The van der Waals surface area contributed by atoms with E-state index in [-0.39, 0.29) is 17.7 Å². The number of amides is 1. The van der Waals surface area contributed by atoms with Gasteiger partial charge in [-0.3, -0.25) is 19.3 Å². The maximum Gasteiger partial charge on any atom is 0.255 e. The van der Waals surface area contributed by atoms with Gasteiger partial charge in [-0.15, -0.1) is 0 Å². The first-order valence-electron chi connectivity index (χ1n) is 10.6. The van der Waals surface area contributed by atoms with E-state index < -0.39 is 69.7 Å². The van der Waals surface area contributed by atoms with Crippen LogP contribution in [-0.4, -0.2) is 93.8 Å². The minimum absolute atomic E-state index is 0.00236. The molecule has 0 aromatic heterocycles. The summed E-state index contributed by atoms with van der Waals surface area (Å²) in [5, 5.41) is 55.4. The number of aliphatic hydroxyl groups excluding tert-OH is 3. The number of anilines is 1. The van der Waals surface area contributed by atoms with Gasteiger partial charge in [-0.25, -0.2) is 0 Å². The molecule has 5 atom stereocenters. The zero-order valence-corrected chi connectivity index (χ0v) is 19.1. The molecule has 182 valence electrons. The molecule has 7 N–H and O–H groups in total. The molecule has 4 rings (SSSR count). The highest BCUT2D eigenvalue weighted by atomic mass is 16.4. The second kappa shape index (κ2) is 7.55. The molecular weight excluding hydrogens is 446 g/mol. The first-order valence-corrected chi connectivity index (χ1v) is 10.6. The molecule has 4 unspecified atom stereocenters. The molecular formula is C23H27N3O8. The summed E-state index contributed by atoms with van der Waals surface area (Å²) in [6.45, 7) is 0. The van der Waals surface area contributed by atoms with Crippen LogP contribution in [0.1, 0.15) is 11.1 Å². The van der Waals surface area contributed by atoms with Crippen LogP contribution >= 0.6 is 0 Å². The normalized spacial score (nSPS) is 30.8. The lowest BCUT2D eigenvalue weighted by Crippen LogP contribution is -2.70. The predicted octanol–water partition coefficient (Wildman–Crippen LogP) is -0.999. The number of primary amides is 1. The number of nitrogens with two attached hydrogens (primary N) is 1. The van der Waals surface area contributed by atoms with Gasteiger partial charge in [0.1, 0.15) is 22.8 Å². The van der Waals surface area contributed by atoms with E-state index >= 15 is 0 Å². The van der Waals surface area contributed by atoms with Crippen LogP contribution in [0.3, 0.4) is 0 Å². The number of rotatable bonds is 3. The van der Waals surface area contributed by atoms with Gasteiger partial charge in [0.2, 0.25) is 5.78 Å². The van der Waals surface area contributed by atoms with Crippen LogP contribution in [0.5, 0.6) is 5.75 Å². The number of likely N-dealkylation sites (N-methyl/N-ethyl adjacent to an activating group) is 1. The van der Waals surface area contributed by atoms with Crippen LogP contribution in [0.15, 0.2) is 29.0 Å². The smallest absolute Gasteiger partial charge is 0.255 e. The number of fused-ring (bicyclic) bond motifs is 3. The van der Waals surface area contributed by atoms with Gasteiger partial charge < -0.3 is 36.2 Å². The molecule has 0 heterocycles. The lowest BCUT2D eigenvalue weighted by Gasteiger charge is -2.52. The van der Waals surface area contributed by atoms with E-state index in [1.807, 2.05) is 0 Å². The van der Waals surface area contributed by atoms with Crippen LogP contribution in [-0.2, 0) is 20.8 Å². The van der Waals surface area contributed by atoms with E-state index in [1.165, 1.54) is 25.1 Å². The Morgan fingerprint density at radius 3 is 2.26 bits per heavy atom. The van der Waals surface area contributed by atoms with Gasteiger partial charge >= 0.3 is 0 Å². The largest absolute Gasteiger partial charge is 0.508 e. The Bertz CT molecular complexity index is 1200. The molecule has 0 spiro atoms. The number of hydrogen-bond acceptors (Lipinski definition) is 10. The third kappa shape index (κ3) is 2.84. The predicted molar refractivity (Wildman–Crippen MR) is 120 cm³/mol. The summed E-state index contributed by atoms with van der Waals surface area (Å²) >= 11 is 0. The number of phenolic OH excluding ortho intramolecular Hbond substituents is 1. The Hall–Kier alpha value is -3.41. The van der Waals surface area contributed by atoms with Gasteiger partial charge in [-0.2, -0.15) is 0 Å². The minimum atomic E-state index is -2.90. The second-order valence-electron chi connectivity index (χ2n) is 9.40. The summed E-state index contributed by atoms with van der Waals surface area (Å²) in [4.78, 5) is 41.9. The van der Waals surface area contributed by atoms with E-state index in [1.54, 1.807) is 25.1 Å². The second-order valence-corrected chi connectivity index (χ2v) is 9.40. The van der Waals surface area contributed by atoms with Crippen molar-refractivity contribution in [3.8, 4) is 5.75 Å². The first-order chi connectivity index (χ1) is 15.8. The van der Waals surface area contributed by atoms with Crippen LogP contribution in [0.25, 0.3) is 5.76 Å². The SMILES string of the molecule is CN(C)c1ccc(O)c2c1CC1C(=C2O)C(=O)C2(O)C(O)=C(C(N)=O)C(=O)[C@@H](N(C)C)C2C1O. The molecule has 3 aliphatic rings. The average Bonchev–Trinajstić information content (AvgIpc) is 2.73. The van der Waals surface area contributed by atoms with E-state index in [9.17, 15) is 39.9 Å². The molecule has 11 nitrogen and oxygen atoms in total. The molecule has 1 fully saturated rings. The molecule has 3 aliphatic carbocycles. The molecule has 0 saturated heterocycles. The molecule has 1 aromatic rings. The number of nitrogens with zero attached hydrogens (tertiary/aromatic N) is 2. The Morgan fingerprint density at radius 2 is 1.74 bits per heavy atom. The van der Waals surface area contributed by atoms with E-state index in [2.05, 4.69) is 0 Å². The van der Waals surface area contributed by atoms with Gasteiger partial charge in [0.25, 0.3) is 5.91 Å². The third-order valence-electron chi connectivity index (χ3n) is 7.14. The standard InChI is InChI=1S/C23H27N3O8/c1-25(2)10-5-6-11(27)12-8(10)7-9-13(18(12)29)20(31)23(34)15(17(9)28)16(26(3)4)19(30)14(21(23)32)22(24)33/h5-6,9,15-17,27-29,32,34H,7H2,1-4H3,(H2,24,33)/t9?,15?,16-,17?,23?/m0/s1. The number of aromatic hydroxyl groups is 1. The first kappa shape index (κ1) is 23.7. The zero-order valence-electron chi connectivity index (χ0n) is 19.1. The number of Topliss-reactive ketones (excluding diaryl/α,β-unsaturated/α-hetero) is 2. The van der Waals surface area contributed by atoms with Crippen molar-refractivity contribution in [1.82, 2.24) is 4.90 Å². The van der Waals surface area contributed by atoms with Crippen molar-refractivity contribution in [2.75, 3.05) is 33.1 Å². The monoisotopic (exact) mass is 473 g/mol. The van der Waals surface area contributed by atoms with Crippen molar-refractivity contribution in [2.24, 2.45) is 17.6 Å². The molecule has 34 heavy (non-hydrogen) atoms. The van der Waals surface area contributed by atoms with Gasteiger partial charge in [-0.1, -0.05) is 0 Å². The number of aliphatic hydroxyl groups is 4. The number of benzene rings is 1. The lowest BCUT2D eigenvalue weighted by atomic mass is 9.56. The molecule has 0 bridgehead atoms. The Labute approximate surface area is 195 Å². The van der Waals surface area contributed by atoms with Gasteiger partial charge in [-0.05, 0) is 38.2 Å². The summed E-state index contributed by atoms with van der Waals surface area (Å²) in [6, 6.07) is 1.60. The fraction of sp³-hybridized carbons (Fsp3) is 0.435. The number of hydrogen-bond donors (Lipinski definition) is 6. The van der Waals surface area contributed by atoms with Crippen molar-refractivity contribution >= 4 is 28.9 Å². The van der Waals surface area contributed by atoms with Crippen LogP contribution in [0.2, 0.25) is 0 Å². The van der Waals surface area contributed by atoms with E-state index in [4.69, 9.17) is 5.73 Å². The van der Waals surface area contributed by atoms with Gasteiger partial charge in [0.05, 0.1) is 23.6 Å². The van der Waals surface area contributed by atoms with Crippen LogP contribution in [0, 0.1) is 11.8 Å². The van der Waals surface area contributed by atoms with Gasteiger partial charge in [0.15, 0.2) is 11.4 Å². The van der Waals surface area contributed by atoms with Crippen molar-refractivity contribution in [2.45, 2.75) is 24.2 Å². The number of carbonyl (C=O) groups is 3. The van der Waals surface area contributed by atoms with E-state index in [0.717, 1.165) is 0 Å². The van der Waals surface area contributed by atoms with Crippen molar-refractivity contribution in [3.63, 3.8) is 0 Å². The fourth-order valence-corrected chi connectivity index (χ4v) is 5.66. The number of ketones is 2. The Morgan fingerprint density at radius 1 is 1.12 bits per heavy atom. The molecule has 1 amide bonds. The summed E-state index contributed by atoms with van der Waals surface area (Å²) in [5.74, 6) is -8.31. The highest BCUT2D eigenvalue weighted by Crippen LogP contribution is 2.53. The average molecular weight is 473 g/mol. The van der Waals surface area contributed by atoms with Gasteiger partial charge in [0, 0.05) is 31.3 Å². The topological polar surface area (TPSA) is 185 Å². The molecule has 1 aromatic carbocycles. The van der Waals surface area contributed by atoms with Crippen molar-refractivity contribution < 1.29 is 39.9 Å². The quantitative estimate of drug-likeness (QED) is 0.298. The molecule has 0 aliphatic heterocycles. The highest BCUT2D eigenvalue weighted by Gasteiger charge is 2.67. The maximum atomic E-state index is 13.7. The van der Waals surface area contributed by atoms with Crippen molar-refractivity contribution in [3.05, 3.63) is 40.2 Å². The lowest BCUT2D eigenvalue weighted by molar-refractivity contribution is -0.168. The summed E-state index contributed by atoms with van der Waals surface area (Å²) < 4.78 is 0. The number of carbonyl (C=O) groups excluding carboxylic acids is 3. The minimum Gasteiger partial charge on any atom is -0.508 e. The van der Waals surface area contributed by atoms with Crippen LogP contribution in [0.4, 0.5) is 5.69 Å². The Balaban J connectivity index is 2.04. The summed E-state index contributed by atoms with van der Waals surface area (Å²) in [5.41, 5.74) is 2.09. The number of phenols is 1. The van der Waals surface area contributed by atoms with E-state index in [0.29, 0.717) is 11.3 Å². The Kier molecular flexibility index (Phi) is 5.27. The fourth-order valence-electron chi connectivity index (χ4n) is 5.66. The maximum absolute atomic E-state index is 13.7. The van der Waals surface area contributed by atoms with Crippen molar-refractivity contribution in [1.29, 1.82) is 0 Å².